The number of anilines is 3. The van der Waals surface area contributed by atoms with E-state index in [1.807, 2.05) is 45.0 Å². The number of hydrogen-bond acceptors (Lipinski definition) is 7. The summed E-state index contributed by atoms with van der Waals surface area (Å²) in [5, 5.41) is 11.1. The molecule has 122 valence electrons. The SMILES string of the molecule is CCNc1nc(NCC)nc(N/N=C(\C)c2cccc(Cl)c2)n1. The molecule has 0 saturated carbocycles. The van der Waals surface area contributed by atoms with Gasteiger partial charge in [-0.05, 0) is 38.5 Å². The van der Waals surface area contributed by atoms with Gasteiger partial charge in [0.2, 0.25) is 17.8 Å². The van der Waals surface area contributed by atoms with E-state index in [4.69, 9.17) is 11.6 Å². The highest BCUT2D eigenvalue weighted by Crippen LogP contribution is 2.13. The van der Waals surface area contributed by atoms with Crippen LogP contribution in [0.25, 0.3) is 0 Å². The van der Waals surface area contributed by atoms with Gasteiger partial charge in [-0.1, -0.05) is 23.7 Å². The van der Waals surface area contributed by atoms with E-state index in [-0.39, 0.29) is 0 Å². The summed E-state index contributed by atoms with van der Waals surface area (Å²) in [6.07, 6.45) is 0. The molecule has 0 aliphatic carbocycles. The van der Waals surface area contributed by atoms with Gasteiger partial charge in [0.15, 0.2) is 0 Å². The number of halogens is 1. The summed E-state index contributed by atoms with van der Waals surface area (Å²) in [6.45, 7) is 7.28. The second-order valence-corrected chi connectivity index (χ2v) is 5.12. The quantitative estimate of drug-likeness (QED) is 0.532. The Morgan fingerprint density at radius 2 is 1.65 bits per heavy atom. The Balaban J connectivity index is 2.19. The normalized spacial score (nSPS) is 11.2. The average molecular weight is 334 g/mol. The fourth-order valence-corrected chi connectivity index (χ4v) is 2.00. The van der Waals surface area contributed by atoms with Crippen LogP contribution < -0.4 is 16.1 Å². The number of nitrogens with zero attached hydrogens (tertiary/aromatic N) is 4. The molecule has 0 spiro atoms. The summed E-state index contributed by atoms with van der Waals surface area (Å²) in [5.41, 5.74) is 4.57. The molecule has 0 aliphatic rings. The summed E-state index contributed by atoms with van der Waals surface area (Å²) < 4.78 is 0. The molecule has 1 aromatic carbocycles. The first-order valence-electron chi connectivity index (χ1n) is 7.42. The van der Waals surface area contributed by atoms with Crippen LogP contribution in [0.15, 0.2) is 29.4 Å². The Morgan fingerprint density at radius 3 is 2.22 bits per heavy atom. The molecule has 0 unspecified atom stereocenters. The van der Waals surface area contributed by atoms with Crippen molar-refractivity contribution in [2.24, 2.45) is 5.10 Å². The number of benzene rings is 1. The van der Waals surface area contributed by atoms with Crippen LogP contribution >= 0.6 is 11.6 Å². The van der Waals surface area contributed by atoms with Gasteiger partial charge in [0.1, 0.15) is 0 Å². The summed E-state index contributed by atoms with van der Waals surface area (Å²) in [7, 11) is 0. The Labute approximate surface area is 140 Å². The van der Waals surface area contributed by atoms with Gasteiger partial charge in [0.25, 0.3) is 0 Å². The lowest BCUT2D eigenvalue weighted by atomic mass is 10.1. The summed E-state index contributed by atoms with van der Waals surface area (Å²) >= 11 is 5.99. The van der Waals surface area contributed by atoms with Crippen LogP contribution in [-0.4, -0.2) is 33.8 Å². The van der Waals surface area contributed by atoms with Crippen LogP contribution in [-0.2, 0) is 0 Å². The van der Waals surface area contributed by atoms with Crippen LogP contribution in [0.2, 0.25) is 5.02 Å². The zero-order chi connectivity index (χ0) is 16.7. The van der Waals surface area contributed by atoms with E-state index in [0.717, 1.165) is 24.4 Å². The number of hydrogen-bond donors (Lipinski definition) is 3. The maximum Gasteiger partial charge on any atom is 0.250 e. The molecule has 0 radical (unpaired) electrons. The van der Waals surface area contributed by atoms with E-state index in [2.05, 4.69) is 36.1 Å². The van der Waals surface area contributed by atoms with Crippen molar-refractivity contribution in [3.63, 3.8) is 0 Å². The smallest absolute Gasteiger partial charge is 0.250 e. The van der Waals surface area contributed by atoms with Crippen molar-refractivity contribution in [2.45, 2.75) is 20.8 Å². The van der Waals surface area contributed by atoms with Gasteiger partial charge in [0.05, 0.1) is 5.71 Å². The van der Waals surface area contributed by atoms with Crippen molar-refractivity contribution in [1.29, 1.82) is 0 Å². The topological polar surface area (TPSA) is 87.1 Å². The minimum atomic E-state index is 0.369. The predicted octanol–water partition coefficient (Wildman–Crippen LogP) is 3.22. The van der Waals surface area contributed by atoms with Crippen LogP contribution in [0.4, 0.5) is 17.8 Å². The van der Waals surface area contributed by atoms with E-state index in [0.29, 0.717) is 22.9 Å². The fraction of sp³-hybridized carbons (Fsp3) is 0.333. The second-order valence-electron chi connectivity index (χ2n) is 4.69. The first-order chi connectivity index (χ1) is 11.1. The van der Waals surface area contributed by atoms with Gasteiger partial charge >= 0.3 is 0 Å². The Bertz CT molecular complexity index is 663. The minimum Gasteiger partial charge on any atom is -0.354 e. The molecule has 0 saturated heterocycles. The third-order valence-electron chi connectivity index (χ3n) is 2.87. The fourth-order valence-electron chi connectivity index (χ4n) is 1.81. The molecular formula is C15H20ClN7. The average Bonchev–Trinajstić information content (AvgIpc) is 2.53. The molecule has 0 atom stereocenters. The molecule has 2 aromatic rings. The van der Waals surface area contributed by atoms with Crippen LogP contribution in [0.5, 0.6) is 0 Å². The van der Waals surface area contributed by atoms with Gasteiger partial charge in [-0.25, -0.2) is 5.43 Å². The maximum atomic E-state index is 5.99. The first-order valence-corrected chi connectivity index (χ1v) is 7.80. The van der Waals surface area contributed by atoms with Crippen molar-refractivity contribution in [3.05, 3.63) is 34.9 Å². The number of aromatic nitrogens is 3. The molecule has 1 heterocycles. The zero-order valence-corrected chi connectivity index (χ0v) is 14.1. The largest absolute Gasteiger partial charge is 0.354 e. The number of hydrazone groups is 1. The van der Waals surface area contributed by atoms with Crippen molar-refractivity contribution < 1.29 is 0 Å². The standard InChI is InChI=1S/C15H20ClN7/c1-4-17-13-19-14(18-5-2)21-15(20-13)23-22-10(3)11-7-6-8-12(16)9-11/h6-9H,4-5H2,1-3H3,(H3,17,18,19,20,21,23)/b22-10+. The zero-order valence-electron chi connectivity index (χ0n) is 13.4. The second kappa shape index (κ2) is 8.28. The Hall–Kier alpha value is -2.41. The molecule has 8 heteroatoms. The first kappa shape index (κ1) is 17.0. The lowest BCUT2D eigenvalue weighted by molar-refractivity contribution is 0.991. The third-order valence-corrected chi connectivity index (χ3v) is 3.11. The molecular weight excluding hydrogens is 314 g/mol. The third kappa shape index (κ3) is 5.07. The van der Waals surface area contributed by atoms with Gasteiger partial charge in [-0.3, -0.25) is 0 Å². The summed E-state index contributed by atoms with van der Waals surface area (Å²) in [5.74, 6) is 1.36. The van der Waals surface area contributed by atoms with Gasteiger partial charge in [-0.15, -0.1) is 0 Å². The molecule has 7 nitrogen and oxygen atoms in total. The highest BCUT2D eigenvalue weighted by molar-refractivity contribution is 6.31. The minimum absolute atomic E-state index is 0.369. The molecule has 0 aliphatic heterocycles. The molecule has 3 N–H and O–H groups in total. The van der Waals surface area contributed by atoms with E-state index >= 15 is 0 Å². The van der Waals surface area contributed by atoms with E-state index in [1.165, 1.54) is 0 Å². The van der Waals surface area contributed by atoms with Crippen molar-refractivity contribution >= 4 is 35.2 Å². The maximum absolute atomic E-state index is 5.99. The molecule has 23 heavy (non-hydrogen) atoms. The van der Waals surface area contributed by atoms with Crippen molar-refractivity contribution in [2.75, 3.05) is 29.1 Å². The molecule has 2 rings (SSSR count). The Kier molecular flexibility index (Phi) is 6.10. The molecule has 0 bridgehead atoms. The van der Waals surface area contributed by atoms with E-state index in [9.17, 15) is 0 Å². The summed E-state index contributed by atoms with van der Waals surface area (Å²) in [6, 6.07) is 7.49. The molecule has 0 amide bonds. The van der Waals surface area contributed by atoms with Crippen LogP contribution in [0.1, 0.15) is 26.3 Å². The lowest BCUT2D eigenvalue weighted by Crippen LogP contribution is -2.11. The number of rotatable bonds is 7. The molecule has 1 aromatic heterocycles. The van der Waals surface area contributed by atoms with Gasteiger partial charge < -0.3 is 10.6 Å². The highest BCUT2D eigenvalue weighted by Gasteiger charge is 2.05. The number of nitrogens with one attached hydrogen (secondary N) is 3. The molecule has 0 fully saturated rings. The van der Waals surface area contributed by atoms with Crippen molar-refractivity contribution in [1.82, 2.24) is 15.0 Å². The highest BCUT2D eigenvalue weighted by atomic mass is 35.5. The monoisotopic (exact) mass is 333 g/mol. The Morgan fingerprint density at radius 1 is 1.04 bits per heavy atom. The van der Waals surface area contributed by atoms with Gasteiger partial charge in [-0.2, -0.15) is 20.1 Å². The van der Waals surface area contributed by atoms with Crippen LogP contribution in [0.3, 0.4) is 0 Å². The summed E-state index contributed by atoms with van der Waals surface area (Å²) in [4.78, 5) is 12.8. The van der Waals surface area contributed by atoms with Gasteiger partial charge in [0, 0.05) is 18.1 Å². The van der Waals surface area contributed by atoms with E-state index in [1.54, 1.807) is 0 Å². The van der Waals surface area contributed by atoms with Crippen LogP contribution in [0, 0.1) is 0 Å². The predicted molar refractivity (Wildman–Crippen MR) is 95.4 cm³/mol. The van der Waals surface area contributed by atoms with Crippen molar-refractivity contribution in [3.8, 4) is 0 Å². The lowest BCUT2D eigenvalue weighted by Gasteiger charge is -2.08. The van der Waals surface area contributed by atoms with E-state index < -0.39 is 0 Å².